The molecule has 0 aromatic carbocycles. The maximum Gasteiger partial charge on any atom is 0.410 e. The molecule has 1 aromatic heterocycles. The Balaban J connectivity index is 2.01. The zero-order valence-corrected chi connectivity index (χ0v) is 14.8. The number of hydrogen-bond donors (Lipinski definition) is 1. The topological polar surface area (TPSA) is 54.5 Å². The minimum atomic E-state index is -0.494. The van der Waals surface area contributed by atoms with E-state index in [0.29, 0.717) is 12.4 Å². The molecule has 1 aromatic rings. The molecule has 1 fully saturated rings. The van der Waals surface area contributed by atoms with Crippen molar-refractivity contribution in [3.63, 3.8) is 0 Å². The highest BCUT2D eigenvalue weighted by molar-refractivity contribution is 9.10. The van der Waals surface area contributed by atoms with E-state index in [1.54, 1.807) is 11.1 Å². The number of anilines is 1. The number of likely N-dealkylation sites (tertiary alicyclic amines) is 1. The first kappa shape index (κ1) is 16.8. The van der Waals surface area contributed by atoms with Crippen molar-refractivity contribution < 1.29 is 9.53 Å². The van der Waals surface area contributed by atoms with Gasteiger partial charge in [-0.05, 0) is 61.7 Å². The van der Waals surface area contributed by atoms with Crippen LogP contribution >= 0.6 is 15.9 Å². The number of ether oxygens (including phenoxy) is 1. The molecule has 0 spiro atoms. The number of nitrogens with one attached hydrogen (secondary N) is 1. The first-order valence-corrected chi connectivity index (χ1v) is 8.12. The van der Waals surface area contributed by atoms with Crippen LogP contribution in [0.1, 0.15) is 33.6 Å². The van der Waals surface area contributed by atoms with Crippen LogP contribution < -0.4 is 5.32 Å². The normalized spacial score (nSPS) is 18.2. The third kappa shape index (κ3) is 4.47. The molecule has 1 amide bonds. The van der Waals surface area contributed by atoms with Crippen LogP contribution in [0, 0.1) is 0 Å². The van der Waals surface area contributed by atoms with E-state index in [1.807, 2.05) is 32.9 Å². The minimum absolute atomic E-state index is 0.0692. The van der Waals surface area contributed by atoms with Crippen molar-refractivity contribution in [3.05, 3.63) is 35.1 Å². The number of amides is 1. The molecular weight excluding hydrogens is 346 g/mol. The van der Waals surface area contributed by atoms with Gasteiger partial charge in [0.1, 0.15) is 11.4 Å². The molecule has 0 radical (unpaired) electrons. The SMILES string of the molecule is C=C(Nc1ccc(Br)cn1)[C@@H]1CCCN1C(=O)OC(C)(C)C. The van der Waals surface area contributed by atoms with Crippen LogP contribution in [0.15, 0.2) is 35.1 Å². The number of nitrogens with zero attached hydrogens (tertiary/aromatic N) is 2. The van der Waals surface area contributed by atoms with Crippen LogP contribution in [0.25, 0.3) is 0 Å². The van der Waals surface area contributed by atoms with E-state index in [1.165, 1.54) is 0 Å². The fourth-order valence-electron chi connectivity index (χ4n) is 2.37. The Morgan fingerprint density at radius 2 is 2.23 bits per heavy atom. The maximum atomic E-state index is 12.3. The summed E-state index contributed by atoms with van der Waals surface area (Å²) in [7, 11) is 0. The first-order chi connectivity index (χ1) is 10.3. The lowest BCUT2D eigenvalue weighted by molar-refractivity contribution is 0.0250. The third-order valence-electron chi connectivity index (χ3n) is 3.30. The second kappa shape index (κ2) is 6.69. The number of hydrogen-bond acceptors (Lipinski definition) is 4. The van der Waals surface area contributed by atoms with Gasteiger partial charge < -0.3 is 10.1 Å². The van der Waals surface area contributed by atoms with E-state index in [9.17, 15) is 4.79 Å². The van der Waals surface area contributed by atoms with Gasteiger partial charge in [0, 0.05) is 22.9 Å². The van der Waals surface area contributed by atoms with Gasteiger partial charge in [-0.1, -0.05) is 6.58 Å². The van der Waals surface area contributed by atoms with Gasteiger partial charge in [0.15, 0.2) is 0 Å². The van der Waals surface area contributed by atoms with Crippen molar-refractivity contribution in [1.29, 1.82) is 0 Å². The Bertz CT molecular complexity index is 552. The summed E-state index contributed by atoms with van der Waals surface area (Å²) in [5.41, 5.74) is 0.268. The first-order valence-electron chi connectivity index (χ1n) is 7.33. The molecule has 0 unspecified atom stereocenters. The monoisotopic (exact) mass is 367 g/mol. The molecule has 1 aliphatic rings. The quantitative estimate of drug-likeness (QED) is 0.870. The molecule has 1 N–H and O–H groups in total. The summed E-state index contributed by atoms with van der Waals surface area (Å²) in [6, 6.07) is 3.70. The molecule has 120 valence electrons. The maximum absolute atomic E-state index is 12.3. The summed E-state index contributed by atoms with van der Waals surface area (Å²) in [4.78, 5) is 18.3. The van der Waals surface area contributed by atoms with Crippen LogP contribution in [-0.4, -0.2) is 34.2 Å². The second-order valence-corrected chi connectivity index (χ2v) is 7.26. The van der Waals surface area contributed by atoms with Gasteiger partial charge in [-0.15, -0.1) is 0 Å². The van der Waals surface area contributed by atoms with Gasteiger partial charge in [0.25, 0.3) is 0 Å². The fraction of sp³-hybridized carbons (Fsp3) is 0.500. The zero-order valence-electron chi connectivity index (χ0n) is 13.2. The van der Waals surface area contributed by atoms with Crippen molar-refractivity contribution >= 4 is 27.8 Å². The molecule has 0 saturated carbocycles. The van der Waals surface area contributed by atoms with Crippen LogP contribution in [0.5, 0.6) is 0 Å². The smallest absolute Gasteiger partial charge is 0.410 e. The number of aromatic nitrogens is 1. The number of rotatable bonds is 3. The van der Waals surface area contributed by atoms with E-state index in [-0.39, 0.29) is 12.1 Å². The van der Waals surface area contributed by atoms with Gasteiger partial charge in [-0.25, -0.2) is 9.78 Å². The number of carbonyl (C=O) groups excluding carboxylic acids is 1. The van der Waals surface area contributed by atoms with E-state index < -0.39 is 5.60 Å². The van der Waals surface area contributed by atoms with Gasteiger partial charge in [-0.3, -0.25) is 4.90 Å². The van der Waals surface area contributed by atoms with Crippen LogP contribution in [0.2, 0.25) is 0 Å². The largest absolute Gasteiger partial charge is 0.444 e. The van der Waals surface area contributed by atoms with Crippen LogP contribution in [0.3, 0.4) is 0 Å². The van der Waals surface area contributed by atoms with Gasteiger partial charge in [0.05, 0.1) is 6.04 Å². The molecule has 0 aliphatic carbocycles. The molecule has 6 heteroatoms. The second-order valence-electron chi connectivity index (χ2n) is 6.34. The Hall–Kier alpha value is -1.56. The average Bonchev–Trinajstić information content (AvgIpc) is 2.89. The highest BCUT2D eigenvalue weighted by Gasteiger charge is 2.33. The van der Waals surface area contributed by atoms with Gasteiger partial charge in [-0.2, -0.15) is 0 Å². The van der Waals surface area contributed by atoms with Crippen molar-refractivity contribution in [2.45, 2.75) is 45.3 Å². The predicted octanol–water partition coefficient (Wildman–Crippen LogP) is 4.17. The molecular formula is C16H22BrN3O2. The average molecular weight is 368 g/mol. The van der Waals surface area contributed by atoms with E-state index in [0.717, 1.165) is 23.0 Å². The molecule has 5 nitrogen and oxygen atoms in total. The third-order valence-corrected chi connectivity index (χ3v) is 3.77. The highest BCUT2D eigenvalue weighted by atomic mass is 79.9. The fourth-order valence-corrected chi connectivity index (χ4v) is 2.60. The van der Waals surface area contributed by atoms with Crippen LogP contribution in [0.4, 0.5) is 10.6 Å². The van der Waals surface area contributed by atoms with E-state index >= 15 is 0 Å². The van der Waals surface area contributed by atoms with E-state index in [4.69, 9.17) is 4.74 Å². The molecule has 2 heterocycles. The van der Waals surface area contributed by atoms with Crippen molar-refractivity contribution in [3.8, 4) is 0 Å². The molecule has 1 saturated heterocycles. The molecule has 0 bridgehead atoms. The summed E-state index contributed by atoms with van der Waals surface area (Å²) in [5.74, 6) is 0.712. The van der Waals surface area contributed by atoms with Gasteiger partial charge >= 0.3 is 6.09 Å². The minimum Gasteiger partial charge on any atom is -0.444 e. The molecule has 22 heavy (non-hydrogen) atoms. The highest BCUT2D eigenvalue weighted by Crippen LogP contribution is 2.26. The Morgan fingerprint density at radius 3 is 2.82 bits per heavy atom. The van der Waals surface area contributed by atoms with Gasteiger partial charge in [0.2, 0.25) is 0 Å². The summed E-state index contributed by atoms with van der Waals surface area (Å²) >= 11 is 3.35. The molecule has 2 rings (SSSR count). The number of halogens is 1. The van der Waals surface area contributed by atoms with Crippen molar-refractivity contribution in [2.24, 2.45) is 0 Å². The Labute approximate surface area is 139 Å². The van der Waals surface area contributed by atoms with Crippen LogP contribution in [-0.2, 0) is 4.74 Å². The lowest BCUT2D eigenvalue weighted by Gasteiger charge is -2.29. The number of pyridine rings is 1. The summed E-state index contributed by atoms with van der Waals surface area (Å²) in [6.45, 7) is 10.4. The predicted molar refractivity (Wildman–Crippen MR) is 90.7 cm³/mol. The van der Waals surface area contributed by atoms with Crippen molar-refractivity contribution in [1.82, 2.24) is 9.88 Å². The lowest BCUT2D eigenvalue weighted by atomic mass is 10.1. The Kier molecular flexibility index (Phi) is 5.11. The summed E-state index contributed by atoms with van der Waals surface area (Å²) in [6.07, 6.45) is 3.25. The molecule has 1 atom stereocenters. The number of carbonyl (C=O) groups is 1. The lowest BCUT2D eigenvalue weighted by Crippen LogP contribution is -2.41. The summed E-state index contributed by atoms with van der Waals surface area (Å²) < 4.78 is 6.38. The standard InChI is InChI=1S/C16H22BrN3O2/c1-11(19-14-8-7-12(17)10-18-14)13-6-5-9-20(13)15(21)22-16(2,3)4/h7-8,10,13H,1,5-6,9H2,2-4H3,(H,18,19)/t13-/m0/s1. The van der Waals surface area contributed by atoms with E-state index in [2.05, 4.69) is 32.8 Å². The van der Waals surface area contributed by atoms with Crippen molar-refractivity contribution in [2.75, 3.05) is 11.9 Å². The Morgan fingerprint density at radius 1 is 1.50 bits per heavy atom. The molecule has 1 aliphatic heterocycles. The zero-order chi connectivity index (χ0) is 16.3. The summed E-state index contributed by atoms with van der Waals surface area (Å²) in [5, 5.41) is 3.18.